The third kappa shape index (κ3) is 3.92. The molecule has 3 heterocycles. The third-order valence-electron chi connectivity index (χ3n) is 5.89. The smallest absolute Gasteiger partial charge is 0.477 e. The summed E-state index contributed by atoms with van der Waals surface area (Å²) in [6.07, 6.45) is -0.141. The van der Waals surface area contributed by atoms with Crippen molar-refractivity contribution in [2.24, 2.45) is 0 Å². The van der Waals surface area contributed by atoms with Crippen LogP contribution >= 0.6 is 0 Å². The number of nitrogens with zero attached hydrogens (tertiary/aromatic N) is 2. The average Bonchev–Trinajstić information content (AvgIpc) is 3.33. The van der Waals surface area contributed by atoms with Gasteiger partial charge in [0.15, 0.2) is 5.60 Å². The Labute approximate surface area is 162 Å². The van der Waals surface area contributed by atoms with Crippen LogP contribution in [0.25, 0.3) is 0 Å². The second-order valence-corrected chi connectivity index (χ2v) is 8.13. The van der Waals surface area contributed by atoms with Gasteiger partial charge in [-0.15, -0.1) is 13.2 Å². The summed E-state index contributed by atoms with van der Waals surface area (Å²) in [7, 11) is 0. The van der Waals surface area contributed by atoms with Gasteiger partial charge < -0.3 is 19.3 Å². The SMILES string of the molecule is CC1(C(=O)N2CCCC2CN2CCCC2)Cc2cc(OC(F)(F)F)ccc2O1. The highest BCUT2D eigenvalue weighted by atomic mass is 19.4. The van der Waals surface area contributed by atoms with E-state index in [0.29, 0.717) is 17.9 Å². The van der Waals surface area contributed by atoms with Crippen LogP contribution in [0.4, 0.5) is 13.2 Å². The van der Waals surface area contributed by atoms with Gasteiger partial charge in [0, 0.05) is 31.1 Å². The van der Waals surface area contributed by atoms with Crippen LogP contribution in [-0.2, 0) is 11.2 Å². The van der Waals surface area contributed by atoms with Crippen molar-refractivity contribution in [3.05, 3.63) is 23.8 Å². The van der Waals surface area contributed by atoms with E-state index >= 15 is 0 Å². The van der Waals surface area contributed by atoms with E-state index in [1.165, 1.54) is 31.0 Å². The second-order valence-electron chi connectivity index (χ2n) is 8.13. The lowest BCUT2D eigenvalue weighted by Crippen LogP contribution is -2.53. The molecule has 0 aromatic heterocycles. The zero-order valence-corrected chi connectivity index (χ0v) is 15.9. The van der Waals surface area contributed by atoms with Crippen molar-refractivity contribution >= 4 is 5.91 Å². The third-order valence-corrected chi connectivity index (χ3v) is 5.89. The molecule has 8 heteroatoms. The van der Waals surface area contributed by atoms with Crippen LogP contribution < -0.4 is 9.47 Å². The number of likely N-dealkylation sites (tertiary alicyclic amines) is 2. The summed E-state index contributed by atoms with van der Waals surface area (Å²) in [6, 6.07) is 4.15. The standard InChI is InChI=1S/C20H25F3N2O3/c1-19(12-14-11-16(27-20(21,22)23)6-7-17(14)28-19)18(26)25-10-4-5-15(25)13-24-8-2-3-9-24/h6-7,11,15H,2-5,8-10,12-13H2,1H3. The Kier molecular flexibility index (Phi) is 4.93. The van der Waals surface area contributed by atoms with E-state index in [1.807, 2.05) is 4.90 Å². The lowest BCUT2D eigenvalue weighted by Gasteiger charge is -2.34. The summed E-state index contributed by atoms with van der Waals surface area (Å²) >= 11 is 0. The summed E-state index contributed by atoms with van der Waals surface area (Å²) in [6.45, 7) is 5.48. The molecule has 2 unspecified atom stereocenters. The maximum atomic E-state index is 13.3. The number of fused-ring (bicyclic) bond motifs is 1. The molecule has 0 bridgehead atoms. The normalized spacial score (nSPS) is 27.7. The van der Waals surface area contributed by atoms with Crippen molar-refractivity contribution < 1.29 is 27.4 Å². The minimum atomic E-state index is -4.74. The number of halogens is 3. The lowest BCUT2D eigenvalue weighted by atomic mass is 9.97. The molecular formula is C20H25F3N2O3. The van der Waals surface area contributed by atoms with Gasteiger partial charge in [0.05, 0.1) is 0 Å². The van der Waals surface area contributed by atoms with Gasteiger partial charge in [-0.1, -0.05) is 0 Å². The minimum Gasteiger partial charge on any atom is -0.477 e. The number of hydrogen-bond donors (Lipinski definition) is 0. The Morgan fingerprint density at radius 2 is 2.00 bits per heavy atom. The molecule has 1 amide bonds. The van der Waals surface area contributed by atoms with E-state index in [-0.39, 0.29) is 24.1 Å². The van der Waals surface area contributed by atoms with Crippen LogP contribution in [0.1, 0.15) is 38.2 Å². The highest BCUT2D eigenvalue weighted by molar-refractivity contribution is 5.87. The molecule has 0 aliphatic carbocycles. The number of carbonyl (C=O) groups excluding carboxylic acids is 1. The summed E-state index contributed by atoms with van der Waals surface area (Å²) in [5.41, 5.74) is -0.528. The number of amides is 1. The summed E-state index contributed by atoms with van der Waals surface area (Å²) in [4.78, 5) is 17.6. The Morgan fingerprint density at radius 1 is 1.25 bits per heavy atom. The molecule has 2 saturated heterocycles. The number of carbonyl (C=O) groups is 1. The van der Waals surface area contributed by atoms with Crippen LogP contribution in [0, 0.1) is 0 Å². The number of hydrogen-bond acceptors (Lipinski definition) is 4. The van der Waals surface area contributed by atoms with Crippen LogP contribution in [0.3, 0.4) is 0 Å². The van der Waals surface area contributed by atoms with Gasteiger partial charge in [0.25, 0.3) is 5.91 Å². The average molecular weight is 398 g/mol. The van der Waals surface area contributed by atoms with Crippen molar-refractivity contribution in [2.45, 2.75) is 57.0 Å². The first kappa shape index (κ1) is 19.4. The van der Waals surface area contributed by atoms with Gasteiger partial charge in [-0.05, 0) is 63.9 Å². The van der Waals surface area contributed by atoms with E-state index in [9.17, 15) is 18.0 Å². The Balaban J connectivity index is 1.46. The monoisotopic (exact) mass is 398 g/mol. The topological polar surface area (TPSA) is 42.0 Å². The van der Waals surface area contributed by atoms with Gasteiger partial charge >= 0.3 is 6.36 Å². The van der Waals surface area contributed by atoms with Gasteiger partial charge in [-0.2, -0.15) is 0 Å². The maximum Gasteiger partial charge on any atom is 0.573 e. The van der Waals surface area contributed by atoms with Crippen molar-refractivity contribution in [1.29, 1.82) is 0 Å². The van der Waals surface area contributed by atoms with Crippen LogP contribution in [0.15, 0.2) is 18.2 Å². The molecule has 2 atom stereocenters. The molecule has 0 radical (unpaired) electrons. The molecule has 154 valence electrons. The van der Waals surface area contributed by atoms with Crippen LogP contribution in [0.2, 0.25) is 0 Å². The van der Waals surface area contributed by atoms with Gasteiger partial charge in [-0.3, -0.25) is 4.79 Å². The first-order valence-corrected chi connectivity index (χ1v) is 9.85. The fraction of sp³-hybridized carbons (Fsp3) is 0.650. The number of ether oxygens (including phenoxy) is 2. The Hall–Kier alpha value is -1.96. The van der Waals surface area contributed by atoms with Gasteiger partial charge in [-0.25, -0.2) is 0 Å². The van der Waals surface area contributed by atoms with Crippen molar-refractivity contribution in [2.75, 3.05) is 26.2 Å². The van der Waals surface area contributed by atoms with Crippen molar-refractivity contribution in [3.63, 3.8) is 0 Å². The maximum absolute atomic E-state index is 13.3. The van der Waals surface area contributed by atoms with Crippen LogP contribution in [-0.4, -0.2) is 59.9 Å². The minimum absolute atomic E-state index is 0.0799. The highest BCUT2D eigenvalue weighted by Crippen LogP contribution is 2.40. The Morgan fingerprint density at radius 3 is 2.71 bits per heavy atom. The first-order valence-electron chi connectivity index (χ1n) is 9.85. The van der Waals surface area contributed by atoms with E-state index in [0.717, 1.165) is 32.5 Å². The quantitative estimate of drug-likeness (QED) is 0.780. The highest BCUT2D eigenvalue weighted by Gasteiger charge is 2.47. The summed E-state index contributed by atoms with van der Waals surface area (Å²) < 4.78 is 47.3. The molecule has 0 N–H and O–H groups in total. The van der Waals surface area contributed by atoms with Crippen LogP contribution in [0.5, 0.6) is 11.5 Å². The molecule has 0 spiro atoms. The first-order chi connectivity index (χ1) is 13.2. The molecule has 3 aliphatic heterocycles. The van der Waals surface area contributed by atoms with Crippen molar-refractivity contribution in [1.82, 2.24) is 9.80 Å². The molecule has 28 heavy (non-hydrogen) atoms. The van der Waals surface area contributed by atoms with Gasteiger partial charge in [0.1, 0.15) is 11.5 Å². The summed E-state index contributed by atoms with van der Waals surface area (Å²) in [5.74, 6) is 0.0731. The number of alkyl halides is 3. The van der Waals surface area contributed by atoms with E-state index in [4.69, 9.17) is 4.74 Å². The molecule has 2 fully saturated rings. The largest absolute Gasteiger partial charge is 0.573 e. The second kappa shape index (κ2) is 7.13. The van der Waals surface area contributed by atoms with Gasteiger partial charge in [0.2, 0.25) is 0 Å². The molecule has 3 aliphatic rings. The molecule has 5 nitrogen and oxygen atoms in total. The van der Waals surface area contributed by atoms with E-state index in [2.05, 4.69) is 9.64 Å². The molecule has 0 saturated carbocycles. The van der Waals surface area contributed by atoms with Crippen molar-refractivity contribution in [3.8, 4) is 11.5 Å². The Bertz CT molecular complexity index is 749. The predicted octanol–water partition coefficient (Wildman–Crippen LogP) is 3.37. The lowest BCUT2D eigenvalue weighted by molar-refractivity contribution is -0.274. The van der Waals surface area contributed by atoms with E-state index < -0.39 is 12.0 Å². The molecule has 1 aromatic carbocycles. The zero-order valence-electron chi connectivity index (χ0n) is 15.9. The molecular weight excluding hydrogens is 373 g/mol. The number of benzene rings is 1. The zero-order chi connectivity index (χ0) is 19.9. The molecule has 1 aromatic rings. The summed E-state index contributed by atoms with van der Waals surface area (Å²) in [5, 5.41) is 0. The molecule has 4 rings (SSSR count). The fourth-order valence-corrected chi connectivity index (χ4v) is 4.61. The fourth-order valence-electron chi connectivity index (χ4n) is 4.61. The number of rotatable bonds is 4. The predicted molar refractivity (Wildman–Crippen MR) is 96.3 cm³/mol. The van der Waals surface area contributed by atoms with E-state index in [1.54, 1.807) is 6.92 Å².